The summed E-state index contributed by atoms with van der Waals surface area (Å²) in [6.45, 7) is 3.54. The van der Waals surface area contributed by atoms with Crippen LogP contribution in [0.15, 0.2) is 45.3 Å². The molecule has 0 aliphatic heterocycles. The maximum Gasteiger partial charge on any atom is 0.239 e. The minimum atomic E-state index is -0.110. The van der Waals surface area contributed by atoms with Crippen LogP contribution in [0.1, 0.15) is 17.6 Å². The van der Waals surface area contributed by atoms with Gasteiger partial charge in [0.2, 0.25) is 5.91 Å². The number of amides is 1. The summed E-state index contributed by atoms with van der Waals surface area (Å²) in [4.78, 5) is 17.3. The number of carbonyl (C=O) groups excluding carboxylic acids is 1. The van der Waals surface area contributed by atoms with E-state index < -0.39 is 0 Å². The highest BCUT2D eigenvalue weighted by atomic mass is 32.1. The highest BCUT2D eigenvalue weighted by Crippen LogP contribution is 2.13. The smallest absolute Gasteiger partial charge is 0.239 e. The second-order valence-electron chi connectivity index (χ2n) is 5.55. The van der Waals surface area contributed by atoms with Gasteiger partial charge in [0.25, 0.3) is 0 Å². The molecule has 2 rings (SSSR count). The Morgan fingerprint density at radius 2 is 2.17 bits per heavy atom. The number of hydrogen-bond donors (Lipinski definition) is 3. The van der Waals surface area contributed by atoms with Gasteiger partial charge in [-0.2, -0.15) is 0 Å². The number of nitrogens with zero attached hydrogens (tertiary/aromatic N) is 1. The Labute approximate surface area is 146 Å². The average molecular weight is 348 g/mol. The van der Waals surface area contributed by atoms with Crippen molar-refractivity contribution >= 4 is 23.2 Å². The SMILES string of the molecule is CN=C(NCC(=O)NCc1ccco1)NCC(C)Cc1cccs1. The molecular formula is C17H24N4O2S. The molecule has 1 amide bonds. The third-order valence-electron chi connectivity index (χ3n) is 3.43. The molecule has 7 heteroatoms. The fourth-order valence-corrected chi connectivity index (χ4v) is 3.03. The molecule has 3 N–H and O–H groups in total. The molecule has 0 saturated heterocycles. The normalized spacial score (nSPS) is 12.7. The number of hydrogen-bond acceptors (Lipinski definition) is 4. The van der Waals surface area contributed by atoms with E-state index in [1.165, 1.54) is 4.88 Å². The zero-order valence-corrected chi connectivity index (χ0v) is 14.9. The first kappa shape index (κ1) is 18.1. The monoisotopic (exact) mass is 348 g/mol. The van der Waals surface area contributed by atoms with Crippen LogP contribution in [-0.4, -0.2) is 32.0 Å². The Hall–Kier alpha value is -2.28. The summed E-state index contributed by atoms with van der Waals surface area (Å²) in [6.07, 6.45) is 2.62. The predicted octanol–water partition coefficient (Wildman–Crippen LogP) is 2.00. The van der Waals surface area contributed by atoms with Gasteiger partial charge in [-0.3, -0.25) is 9.79 Å². The van der Waals surface area contributed by atoms with Crippen LogP contribution in [0.4, 0.5) is 0 Å². The molecule has 0 saturated carbocycles. The molecular weight excluding hydrogens is 324 g/mol. The molecule has 1 atom stereocenters. The number of furan rings is 1. The minimum absolute atomic E-state index is 0.110. The number of thiophene rings is 1. The standard InChI is InChI=1S/C17H24N4O2S/c1-13(9-15-6-4-8-24-15)10-20-17(18-2)21-12-16(22)19-11-14-5-3-7-23-14/h3-8,13H,9-12H2,1-2H3,(H,19,22)(H2,18,20,21). The van der Waals surface area contributed by atoms with E-state index in [4.69, 9.17) is 4.42 Å². The van der Waals surface area contributed by atoms with Gasteiger partial charge in [0, 0.05) is 18.5 Å². The maximum absolute atomic E-state index is 11.8. The van der Waals surface area contributed by atoms with Crippen LogP contribution in [0.2, 0.25) is 0 Å². The van der Waals surface area contributed by atoms with Gasteiger partial charge in [0.05, 0.1) is 19.4 Å². The molecule has 0 radical (unpaired) electrons. The lowest BCUT2D eigenvalue weighted by molar-refractivity contribution is -0.120. The zero-order valence-electron chi connectivity index (χ0n) is 14.0. The molecule has 0 spiro atoms. The van der Waals surface area contributed by atoms with Crippen molar-refractivity contribution < 1.29 is 9.21 Å². The second-order valence-corrected chi connectivity index (χ2v) is 6.58. The van der Waals surface area contributed by atoms with Gasteiger partial charge in [-0.25, -0.2) is 0 Å². The van der Waals surface area contributed by atoms with Gasteiger partial charge in [-0.1, -0.05) is 13.0 Å². The van der Waals surface area contributed by atoms with Crippen LogP contribution in [0, 0.1) is 5.92 Å². The summed E-state index contributed by atoms with van der Waals surface area (Å²) in [5.41, 5.74) is 0. The molecule has 2 aromatic heterocycles. The molecule has 2 aromatic rings. The van der Waals surface area contributed by atoms with E-state index in [1.54, 1.807) is 30.7 Å². The van der Waals surface area contributed by atoms with Crippen LogP contribution in [0.25, 0.3) is 0 Å². The fraction of sp³-hybridized carbons (Fsp3) is 0.412. The first-order valence-corrected chi connectivity index (χ1v) is 8.81. The van der Waals surface area contributed by atoms with E-state index in [0.29, 0.717) is 18.4 Å². The topological polar surface area (TPSA) is 78.7 Å². The molecule has 0 aliphatic rings. The van der Waals surface area contributed by atoms with Gasteiger partial charge >= 0.3 is 0 Å². The minimum Gasteiger partial charge on any atom is -0.467 e. The zero-order chi connectivity index (χ0) is 17.2. The first-order chi connectivity index (χ1) is 11.7. The van der Waals surface area contributed by atoms with E-state index in [1.807, 2.05) is 6.07 Å². The Morgan fingerprint density at radius 1 is 1.29 bits per heavy atom. The Kier molecular flexibility index (Phi) is 7.35. The molecule has 0 bridgehead atoms. The highest BCUT2D eigenvalue weighted by Gasteiger charge is 2.08. The average Bonchev–Trinajstić information content (AvgIpc) is 3.26. The van der Waals surface area contributed by atoms with Crippen LogP contribution < -0.4 is 16.0 Å². The van der Waals surface area contributed by atoms with Crippen molar-refractivity contribution in [2.45, 2.75) is 19.9 Å². The third-order valence-corrected chi connectivity index (χ3v) is 4.33. The first-order valence-electron chi connectivity index (χ1n) is 7.93. The largest absolute Gasteiger partial charge is 0.467 e. The van der Waals surface area contributed by atoms with Crippen molar-refractivity contribution in [1.82, 2.24) is 16.0 Å². The predicted molar refractivity (Wildman–Crippen MR) is 97.1 cm³/mol. The van der Waals surface area contributed by atoms with E-state index in [9.17, 15) is 4.79 Å². The van der Waals surface area contributed by atoms with Crippen LogP contribution in [0.3, 0.4) is 0 Å². The van der Waals surface area contributed by atoms with Gasteiger partial charge in [0.1, 0.15) is 5.76 Å². The molecule has 6 nitrogen and oxygen atoms in total. The van der Waals surface area contributed by atoms with Crippen molar-refractivity contribution in [2.75, 3.05) is 20.1 Å². The number of carbonyl (C=O) groups is 1. The summed E-state index contributed by atoms with van der Waals surface area (Å²) in [6, 6.07) is 7.84. The van der Waals surface area contributed by atoms with E-state index >= 15 is 0 Å². The van der Waals surface area contributed by atoms with Gasteiger partial charge < -0.3 is 20.4 Å². The lowest BCUT2D eigenvalue weighted by Gasteiger charge is -2.15. The quantitative estimate of drug-likeness (QED) is 0.504. The summed E-state index contributed by atoms with van der Waals surface area (Å²) >= 11 is 1.78. The van der Waals surface area contributed by atoms with Crippen LogP contribution in [-0.2, 0) is 17.8 Å². The van der Waals surface area contributed by atoms with E-state index in [-0.39, 0.29) is 12.5 Å². The van der Waals surface area contributed by atoms with Gasteiger partial charge in [0.15, 0.2) is 5.96 Å². The molecule has 1 unspecified atom stereocenters. The summed E-state index contributed by atoms with van der Waals surface area (Å²) in [5.74, 6) is 1.73. The Morgan fingerprint density at radius 3 is 2.83 bits per heavy atom. The van der Waals surface area contributed by atoms with Crippen LogP contribution in [0.5, 0.6) is 0 Å². The molecule has 0 fully saturated rings. The molecule has 0 aromatic carbocycles. The van der Waals surface area contributed by atoms with Crippen LogP contribution >= 0.6 is 11.3 Å². The van der Waals surface area contributed by atoms with E-state index in [0.717, 1.165) is 18.7 Å². The number of aliphatic imine (C=N–C) groups is 1. The highest BCUT2D eigenvalue weighted by molar-refractivity contribution is 7.09. The summed E-state index contributed by atoms with van der Waals surface area (Å²) in [7, 11) is 1.69. The van der Waals surface area contributed by atoms with Crippen molar-refractivity contribution in [2.24, 2.45) is 10.9 Å². The molecule has 24 heavy (non-hydrogen) atoms. The summed E-state index contributed by atoms with van der Waals surface area (Å²) < 4.78 is 5.17. The maximum atomic E-state index is 11.8. The summed E-state index contributed by atoms with van der Waals surface area (Å²) in [5, 5.41) is 11.1. The second kappa shape index (κ2) is 9.77. The van der Waals surface area contributed by atoms with Crippen molar-refractivity contribution in [1.29, 1.82) is 0 Å². The van der Waals surface area contributed by atoms with Crippen molar-refractivity contribution in [3.8, 4) is 0 Å². The van der Waals surface area contributed by atoms with Crippen molar-refractivity contribution in [3.05, 3.63) is 46.5 Å². The third kappa shape index (κ3) is 6.45. The van der Waals surface area contributed by atoms with Crippen molar-refractivity contribution in [3.63, 3.8) is 0 Å². The number of guanidine groups is 1. The molecule has 0 aliphatic carbocycles. The Bertz CT molecular complexity index is 623. The number of nitrogens with one attached hydrogen (secondary N) is 3. The molecule has 130 valence electrons. The lowest BCUT2D eigenvalue weighted by atomic mass is 10.1. The molecule has 2 heterocycles. The van der Waals surface area contributed by atoms with E-state index in [2.05, 4.69) is 45.4 Å². The van der Waals surface area contributed by atoms with Gasteiger partial charge in [-0.15, -0.1) is 11.3 Å². The lowest BCUT2D eigenvalue weighted by Crippen LogP contribution is -2.44. The van der Waals surface area contributed by atoms with Gasteiger partial charge in [-0.05, 0) is 35.9 Å². The Balaban J connectivity index is 1.63. The number of rotatable bonds is 8. The fourth-order valence-electron chi connectivity index (χ4n) is 2.16.